The van der Waals surface area contributed by atoms with Crippen molar-refractivity contribution in [3.8, 4) is 0 Å². The van der Waals surface area contributed by atoms with Crippen molar-refractivity contribution < 1.29 is 4.79 Å². The van der Waals surface area contributed by atoms with E-state index in [2.05, 4.69) is 44.2 Å². The summed E-state index contributed by atoms with van der Waals surface area (Å²) in [6, 6.07) is 10.4. The molecule has 0 saturated heterocycles. The van der Waals surface area contributed by atoms with Gasteiger partial charge in [-0.05, 0) is 91.2 Å². The van der Waals surface area contributed by atoms with E-state index in [-0.39, 0.29) is 5.41 Å². The summed E-state index contributed by atoms with van der Waals surface area (Å²) in [4.78, 5) is 13.4. The Morgan fingerprint density at radius 3 is 2.56 bits per heavy atom. The average molecular weight is 363 g/mol. The summed E-state index contributed by atoms with van der Waals surface area (Å²) < 4.78 is 0. The largest absolute Gasteiger partial charge is 0.294 e. The molecule has 4 aliphatic rings. The van der Waals surface area contributed by atoms with Crippen LogP contribution in [-0.2, 0) is 4.79 Å². The number of carbonyl (C=O) groups is 1. The first kappa shape index (κ1) is 17.7. The second kappa shape index (κ2) is 6.33. The van der Waals surface area contributed by atoms with Crippen LogP contribution in [0.5, 0.6) is 0 Å². The Morgan fingerprint density at radius 1 is 0.926 bits per heavy atom. The Morgan fingerprint density at radius 2 is 1.74 bits per heavy atom. The lowest BCUT2D eigenvalue weighted by atomic mass is 9.45. The van der Waals surface area contributed by atoms with E-state index in [1.165, 1.54) is 50.5 Å². The van der Waals surface area contributed by atoms with Crippen LogP contribution in [0.2, 0.25) is 0 Å². The third-order valence-electron chi connectivity index (χ3n) is 9.36. The smallest absolute Gasteiger partial charge is 0.165 e. The molecule has 0 aliphatic heterocycles. The van der Waals surface area contributed by atoms with Crippen LogP contribution in [0.25, 0.3) is 6.08 Å². The van der Waals surface area contributed by atoms with Crippen LogP contribution in [0.4, 0.5) is 0 Å². The van der Waals surface area contributed by atoms with E-state index < -0.39 is 0 Å². The number of ketones is 1. The van der Waals surface area contributed by atoms with Gasteiger partial charge in [0.25, 0.3) is 0 Å². The molecule has 4 aliphatic carbocycles. The summed E-state index contributed by atoms with van der Waals surface area (Å²) in [5, 5.41) is 0. The van der Waals surface area contributed by atoms with Crippen LogP contribution in [-0.4, -0.2) is 5.78 Å². The molecule has 0 aromatic heterocycles. The average Bonchev–Trinajstić information content (AvgIpc) is 2.93. The minimum atomic E-state index is -0.0976. The van der Waals surface area contributed by atoms with Crippen LogP contribution < -0.4 is 0 Å². The lowest BCUT2D eigenvalue weighted by Crippen LogP contribution is -2.52. The third kappa shape index (κ3) is 2.60. The lowest BCUT2D eigenvalue weighted by molar-refractivity contribution is -0.137. The fourth-order valence-electron chi connectivity index (χ4n) is 7.85. The van der Waals surface area contributed by atoms with E-state index in [0.717, 1.165) is 36.2 Å². The van der Waals surface area contributed by atoms with Crippen molar-refractivity contribution in [2.75, 3.05) is 0 Å². The molecule has 0 N–H and O–H groups in total. The molecule has 27 heavy (non-hydrogen) atoms. The van der Waals surface area contributed by atoms with Gasteiger partial charge in [0, 0.05) is 5.41 Å². The number of carbonyl (C=O) groups excluding carboxylic acids is 1. The maximum Gasteiger partial charge on any atom is 0.165 e. The third-order valence-corrected chi connectivity index (χ3v) is 9.36. The normalized spacial score (nSPS) is 45.3. The highest BCUT2D eigenvalue weighted by atomic mass is 16.1. The van der Waals surface area contributed by atoms with Gasteiger partial charge in [0.1, 0.15) is 0 Å². The second-order valence-electron chi connectivity index (χ2n) is 10.5. The van der Waals surface area contributed by atoms with E-state index in [9.17, 15) is 4.79 Å². The molecular formula is C26H34O. The van der Waals surface area contributed by atoms with E-state index in [1.807, 2.05) is 6.07 Å². The number of hydrogen-bond donors (Lipinski definition) is 0. The second-order valence-corrected chi connectivity index (χ2v) is 10.5. The molecule has 1 aromatic rings. The van der Waals surface area contributed by atoms with Crippen LogP contribution in [0.3, 0.4) is 0 Å². The molecule has 6 atom stereocenters. The highest BCUT2D eigenvalue weighted by Gasteiger charge is 2.60. The molecule has 0 radical (unpaired) electrons. The monoisotopic (exact) mass is 362 g/mol. The Hall–Kier alpha value is -1.37. The van der Waals surface area contributed by atoms with E-state index in [1.54, 1.807) is 0 Å². The molecule has 1 aromatic carbocycles. The molecule has 0 bridgehead atoms. The fraction of sp³-hybridized carbons (Fsp3) is 0.654. The predicted molar refractivity (Wildman–Crippen MR) is 111 cm³/mol. The number of allylic oxidation sites excluding steroid dienone is 1. The first-order valence-electron chi connectivity index (χ1n) is 11.3. The highest BCUT2D eigenvalue weighted by Crippen LogP contribution is 2.66. The number of Topliss-reactive ketones (excluding diaryl/α,β-unsaturated/α-hetero) is 1. The van der Waals surface area contributed by atoms with Gasteiger partial charge >= 0.3 is 0 Å². The topological polar surface area (TPSA) is 17.1 Å². The van der Waals surface area contributed by atoms with Gasteiger partial charge in [0.15, 0.2) is 5.78 Å². The van der Waals surface area contributed by atoms with Crippen molar-refractivity contribution in [2.45, 2.75) is 71.6 Å². The van der Waals surface area contributed by atoms with E-state index in [4.69, 9.17) is 0 Å². The Bertz CT molecular complexity index is 762. The van der Waals surface area contributed by atoms with E-state index in [0.29, 0.717) is 17.1 Å². The summed E-state index contributed by atoms with van der Waals surface area (Å²) >= 11 is 0. The number of benzene rings is 1. The van der Waals surface area contributed by atoms with Crippen molar-refractivity contribution in [3.05, 3.63) is 41.5 Å². The minimum Gasteiger partial charge on any atom is -0.294 e. The maximum atomic E-state index is 13.4. The first-order chi connectivity index (χ1) is 13.0. The number of fused-ring (bicyclic) bond motifs is 5. The highest BCUT2D eigenvalue weighted by molar-refractivity contribution is 6.05. The molecule has 0 amide bonds. The Kier molecular flexibility index (Phi) is 4.15. The zero-order valence-corrected chi connectivity index (χ0v) is 17.0. The quantitative estimate of drug-likeness (QED) is 0.509. The summed E-state index contributed by atoms with van der Waals surface area (Å²) in [6.45, 7) is 4.92. The van der Waals surface area contributed by atoms with Crippen molar-refractivity contribution in [1.82, 2.24) is 0 Å². The van der Waals surface area contributed by atoms with Crippen molar-refractivity contribution in [2.24, 2.45) is 34.5 Å². The molecule has 0 unspecified atom stereocenters. The van der Waals surface area contributed by atoms with Gasteiger partial charge in [-0.2, -0.15) is 0 Å². The number of rotatable bonds is 1. The maximum absolute atomic E-state index is 13.4. The standard InChI is InChI=1S/C26H34O/c1-25-14-7-6-10-20(25)11-12-21-22(25)13-15-26(2)23(21)17-19(24(26)27)16-18-8-4-3-5-9-18/h3-5,8-9,16,20-23H,6-7,10-15,17H2,1-2H3/t20-,21+,22+,23-,25+,26-/m1/s1. The Labute approximate surface area is 164 Å². The van der Waals surface area contributed by atoms with E-state index >= 15 is 0 Å². The van der Waals surface area contributed by atoms with Crippen molar-refractivity contribution in [1.29, 1.82) is 0 Å². The molecule has 1 heteroatoms. The summed E-state index contributed by atoms with van der Waals surface area (Å²) in [7, 11) is 0. The lowest BCUT2D eigenvalue weighted by Gasteiger charge is -2.59. The summed E-state index contributed by atoms with van der Waals surface area (Å²) in [6.07, 6.45) is 14.2. The van der Waals surface area contributed by atoms with Gasteiger partial charge in [-0.25, -0.2) is 0 Å². The van der Waals surface area contributed by atoms with Crippen molar-refractivity contribution in [3.63, 3.8) is 0 Å². The van der Waals surface area contributed by atoms with Crippen LogP contribution >= 0.6 is 0 Å². The molecule has 1 nitrogen and oxygen atoms in total. The minimum absolute atomic E-state index is 0.0976. The van der Waals surface area contributed by atoms with Gasteiger partial charge in [-0.1, -0.05) is 57.0 Å². The molecule has 5 rings (SSSR count). The van der Waals surface area contributed by atoms with Crippen LogP contribution in [0.1, 0.15) is 77.2 Å². The zero-order valence-electron chi connectivity index (χ0n) is 17.0. The molecular weight excluding hydrogens is 328 g/mol. The molecule has 144 valence electrons. The Balaban J connectivity index is 1.47. The molecule has 0 heterocycles. The van der Waals surface area contributed by atoms with Gasteiger partial charge in [-0.15, -0.1) is 0 Å². The van der Waals surface area contributed by atoms with Gasteiger partial charge in [0.2, 0.25) is 0 Å². The first-order valence-corrected chi connectivity index (χ1v) is 11.3. The van der Waals surface area contributed by atoms with Crippen molar-refractivity contribution >= 4 is 11.9 Å². The summed E-state index contributed by atoms with van der Waals surface area (Å²) in [5.74, 6) is 3.63. The van der Waals surface area contributed by atoms with Gasteiger partial charge in [-0.3, -0.25) is 4.79 Å². The fourth-order valence-corrected chi connectivity index (χ4v) is 7.85. The molecule has 4 fully saturated rings. The van der Waals surface area contributed by atoms with Gasteiger partial charge in [0.05, 0.1) is 0 Å². The predicted octanol–water partition coefficient (Wildman–Crippen LogP) is 6.68. The van der Waals surface area contributed by atoms with Crippen LogP contribution in [0, 0.1) is 34.5 Å². The molecule has 4 saturated carbocycles. The molecule has 0 spiro atoms. The zero-order chi connectivity index (χ0) is 18.6. The number of hydrogen-bond acceptors (Lipinski definition) is 1. The van der Waals surface area contributed by atoms with Crippen LogP contribution in [0.15, 0.2) is 35.9 Å². The summed E-state index contributed by atoms with van der Waals surface area (Å²) in [5.41, 5.74) is 2.74. The SMILES string of the molecule is C[C@]12CCCC[C@@H]1CC[C@@H]1[C@H]3CC(=Cc4ccccc4)C(=O)[C@]3(C)CC[C@@H]12. The van der Waals surface area contributed by atoms with Gasteiger partial charge < -0.3 is 0 Å².